The molecule has 138 valence electrons. The van der Waals surface area contributed by atoms with Gasteiger partial charge in [0.25, 0.3) is 0 Å². The Morgan fingerprint density at radius 1 is 1.08 bits per heavy atom. The molecule has 0 atom stereocenters. The van der Waals surface area contributed by atoms with Gasteiger partial charge in [-0.2, -0.15) is 0 Å². The van der Waals surface area contributed by atoms with Gasteiger partial charge in [0.15, 0.2) is 0 Å². The van der Waals surface area contributed by atoms with Crippen LogP contribution in [0.2, 0.25) is 0 Å². The number of carbonyl (C=O) groups is 1. The number of likely N-dealkylation sites (tertiary alicyclic amines) is 1. The van der Waals surface area contributed by atoms with Gasteiger partial charge in [-0.1, -0.05) is 29.5 Å². The molecule has 2 aromatic rings. The lowest BCUT2D eigenvalue weighted by Crippen LogP contribution is -2.40. The van der Waals surface area contributed by atoms with Gasteiger partial charge in [-0.15, -0.1) is 5.10 Å². The Morgan fingerprint density at radius 2 is 1.88 bits per heavy atom. The molecule has 0 bridgehead atoms. The van der Waals surface area contributed by atoms with Gasteiger partial charge in [0, 0.05) is 32.3 Å². The predicted molar refractivity (Wildman–Crippen MR) is 99.4 cm³/mol. The number of amides is 1. The van der Waals surface area contributed by atoms with Crippen molar-refractivity contribution < 1.29 is 4.79 Å². The Hall–Kier alpha value is -2.21. The van der Waals surface area contributed by atoms with E-state index >= 15 is 0 Å². The second-order valence-electron chi connectivity index (χ2n) is 7.49. The van der Waals surface area contributed by atoms with Crippen LogP contribution in [0.3, 0.4) is 0 Å². The van der Waals surface area contributed by atoms with Gasteiger partial charge in [0.1, 0.15) is 0 Å². The molecule has 26 heavy (non-hydrogen) atoms. The van der Waals surface area contributed by atoms with Crippen molar-refractivity contribution in [3.8, 4) is 0 Å². The normalized spacial score (nSPS) is 18.7. The van der Waals surface area contributed by atoms with Crippen LogP contribution in [0.15, 0.2) is 36.7 Å². The first kappa shape index (κ1) is 17.2. The standard InChI is InChI=1S/C20H27N5O/c26-20(24-11-7-18-3-1-2-4-19(18)16-24)15-17-5-9-23(10-6-17)13-14-25-12-8-21-22-25/h1-4,8,12,17H,5-7,9-11,13-16H2. The molecule has 0 N–H and O–H groups in total. The molecule has 1 aromatic carbocycles. The van der Waals surface area contributed by atoms with Crippen molar-refractivity contribution in [3.05, 3.63) is 47.8 Å². The molecule has 0 unspecified atom stereocenters. The Kier molecular flexibility index (Phi) is 5.29. The fourth-order valence-corrected chi connectivity index (χ4v) is 4.09. The Labute approximate surface area is 154 Å². The number of hydrogen-bond acceptors (Lipinski definition) is 4. The molecule has 4 rings (SSSR count). The van der Waals surface area contributed by atoms with E-state index in [2.05, 4.69) is 44.4 Å². The fraction of sp³-hybridized carbons (Fsp3) is 0.550. The summed E-state index contributed by atoms with van der Waals surface area (Å²) in [5.74, 6) is 0.864. The lowest BCUT2D eigenvalue weighted by Gasteiger charge is -2.34. The highest BCUT2D eigenvalue weighted by atomic mass is 16.2. The quantitative estimate of drug-likeness (QED) is 0.825. The topological polar surface area (TPSA) is 54.3 Å². The molecule has 6 heteroatoms. The van der Waals surface area contributed by atoms with E-state index in [-0.39, 0.29) is 0 Å². The number of aromatic nitrogens is 3. The van der Waals surface area contributed by atoms with Crippen LogP contribution in [0.25, 0.3) is 0 Å². The minimum absolute atomic E-state index is 0.334. The maximum Gasteiger partial charge on any atom is 0.223 e. The fourth-order valence-electron chi connectivity index (χ4n) is 4.09. The molecule has 6 nitrogen and oxygen atoms in total. The van der Waals surface area contributed by atoms with E-state index < -0.39 is 0 Å². The second kappa shape index (κ2) is 7.99. The molecule has 2 aliphatic heterocycles. The van der Waals surface area contributed by atoms with E-state index in [1.165, 1.54) is 11.1 Å². The second-order valence-corrected chi connectivity index (χ2v) is 7.49. The summed E-state index contributed by atoms with van der Waals surface area (Å²) in [7, 11) is 0. The average Bonchev–Trinajstić information content (AvgIpc) is 3.21. The number of piperidine rings is 1. The smallest absolute Gasteiger partial charge is 0.223 e. The van der Waals surface area contributed by atoms with E-state index in [4.69, 9.17) is 0 Å². The maximum atomic E-state index is 12.7. The van der Waals surface area contributed by atoms with Gasteiger partial charge in [0.2, 0.25) is 5.91 Å². The Balaban J connectivity index is 1.21. The highest BCUT2D eigenvalue weighted by molar-refractivity contribution is 5.76. The predicted octanol–water partition coefficient (Wildman–Crippen LogP) is 1.97. The molecular formula is C20H27N5O. The zero-order valence-corrected chi connectivity index (χ0v) is 15.3. The zero-order valence-electron chi connectivity index (χ0n) is 15.3. The molecule has 0 aliphatic carbocycles. The molecule has 3 heterocycles. The summed E-state index contributed by atoms with van der Waals surface area (Å²) in [6, 6.07) is 8.50. The summed E-state index contributed by atoms with van der Waals surface area (Å²) in [5, 5.41) is 7.85. The first-order valence-corrected chi connectivity index (χ1v) is 9.69. The van der Waals surface area contributed by atoms with Crippen molar-refractivity contribution in [1.82, 2.24) is 24.8 Å². The Bertz CT molecular complexity index is 722. The number of rotatable bonds is 5. The minimum Gasteiger partial charge on any atom is -0.338 e. The van der Waals surface area contributed by atoms with Gasteiger partial charge < -0.3 is 9.80 Å². The van der Waals surface area contributed by atoms with Crippen LogP contribution in [0.1, 0.15) is 30.4 Å². The molecule has 0 radical (unpaired) electrons. The van der Waals surface area contributed by atoms with Gasteiger partial charge in [0.05, 0.1) is 12.7 Å². The number of carbonyl (C=O) groups excluding carboxylic acids is 1. The van der Waals surface area contributed by atoms with Crippen molar-refractivity contribution in [1.29, 1.82) is 0 Å². The zero-order chi connectivity index (χ0) is 17.8. The summed E-state index contributed by atoms with van der Waals surface area (Å²) >= 11 is 0. The van der Waals surface area contributed by atoms with Gasteiger partial charge in [-0.05, 0) is 49.4 Å². The molecule has 1 amide bonds. The van der Waals surface area contributed by atoms with Crippen LogP contribution in [-0.2, 0) is 24.3 Å². The lowest BCUT2D eigenvalue weighted by molar-refractivity contribution is -0.133. The SMILES string of the molecule is O=C(CC1CCN(CCn2ccnn2)CC1)N1CCc2ccccc2C1. The van der Waals surface area contributed by atoms with Crippen molar-refractivity contribution in [2.45, 2.75) is 38.8 Å². The highest BCUT2D eigenvalue weighted by Gasteiger charge is 2.25. The molecule has 2 aliphatic rings. The van der Waals surface area contributed by atoms with Gasteiger partial charge in [-0.25, -0.2) is 0 Å². The molecule has 1 saturated heterocycles. The summed E-state index contributed by atoms with van der Waals surface area (Å²) in [6.07, 6.45) is 7.56. The monoisotopic (exact) mass is 353 g/mol. The number of hydrogen-bond donors (Lipinski definition) is 0. The number of fused-ring (bicyclic) bond motifs is 1. The third-order valence-electron chi connectivity index (χ3n) is 5.77. The van der Waals surface area contributed by atoms with Crippen LogP contribution >= 0.6 is 0 Å². The van der Waals surface area contributed by atoms with E-state index in [0.717, 1.165) is 58.5 Å². The number of nitrogens with zero attached hydrogens (tertiary/aromatic N) is 5. The van der Waals surface area contributed by atoms with Gasteiger partial charge >= 0.3 is 0 Å². The lowest BCUT2D eigenvalue weighted by atomic mass is 9.92. The molecule has 0 spiro atoms. The molecule has 1 fully saturated rings. The first-order chi connectivity index (χ1) is 12.8. The third-order valence-corrected chi connectivity index (χ3v) is 5.77. The minimum atomic E-state index is 0.334. The highest BCUT2D eigenvalue weighted by Crippen LogP contribution is 2.24. The van der Waals surface area contributed by atoms with Gasteiger partial charge in [-0.3, -0.25) is 9.48 Å². The van der Waals surface area contributed by atoms with E-state index in [1.807, 2.05) is 10.9 Å². The van der Waals surface area contributed by atoms with E-state index in [1.54, 1.807) is 6.20 Å². The van der Waals surface area contributed by atoms with E-state index in [0.29, 0.717) is 18.2 Å². The Morgan fingerprint density at radius 3 is 2.65 bits per heavy atom. The molecule has 0 saturated carbocycles. The largest absolute Gasteiger partial charge is 0.338 e. The third kappa shape index (κ3) is 4.12. The summed E-state index contributed by atoms with van der Waals surface area (Å²) < 4.78 is 1.88. The van der Waals surface area contributed by atoms with E-state index in [9.17, 15) is 4.79 Å². The van der Waals surface area contributed by atoms with Crippen molar-refractivity contribution in [2.24, 2.45) is 5.92 Å². The van der Waals surface area contributed by atoms with Crippen LogP contribution < -0.4 is 0 Å². The number of benzene rings is 1. The summed E-state index contributed by atoms with van der Waals surface area (Å²) in [5.41, 5.74) is 2.72. The van der Waals surface area contributed by atoms with Crippen molar-refractivity contribution >= 4 is 5.91 Å². The van der Waals surface area contributed by atoms with Crippen LogP contribution in [0.5, 0.6) is 0 Å². The van der Waals surface area contributed by atoms with Crippen LogP contribution in [0, 0.1) is 5.92 Å². The van der Waals surface area contributed by atoms with Crippen LogP contribution in [-0.4, -0.2) is 56.9 Å². The van der Waals surface area contributed by atoms with Crippen molar-refractivity contribution in [2.75, 3.05) is 26.2 Å². The summed E-state index contributed by atoms with van der Waals surface area (Å²) in [6.45, 7) is 5.70. The van der Waals surface area contributed by atoms with Crippen LogP contribution in [0.4, 0.5) is 0 Å². The average molecular weight is 353 g/mol. The molecular weight excluding hydrogens is 326 g/mol. The maximum absolute atomic E-state index is 12.7. The molecule has 1 aromatic heterocycles. The summed E-state index contributed by atoms with van der Waals surface area (Å²) in [4.78, 5) is 17.3. The van der Waals surface area contributed by atoms with Crippen molar-refractivity contribution in [3.63, 3.8) is 0 Å². The first-order valence-electron chi connectivity index (χ1n) is 9.69.